The lowest BCUT2D eigenvalue weighted by atomic mass is 10.1. The highest BCUT2D eigenvalue weighted by Gasteiger charge is 2.18. The fourth-order valence-corrected chi connectivity index (χ4v) is 2.74. The molecule has 26 heavy (non-hydrogen) atoms. The number of thiocarbonyl (C=S) groups is 1. The van der Waals surface area contributed by atoms with Crippen LogP contribution in [0, 0.1) is 13.8 Å². The SMILES string of the molecule is COc1cc(C(=O)NC(=S)Nc2c(C)cccc2C)cc(OC)c1OC. The summed E-state index contributed by atoms with van der Waals surface area (Å²) in [6.45, 7) is 3.94. The predicted molar refractivity (Wildman–Crippen MR) is 106 cm³/mol. The number of carbonyl (C=O) groups is 1. The van der Waals surface area contributed by atoms with E-state index < -0.39 is 0 Å². The zero-order valence-electron chi connectivity index (χ0n) is 15.4. The van der Waals surface area contributed by atoms with Gasteiger partial charge in [-0.1, -0.05) is 18.2 Å². The molecule has 0 heterocycles. The second-order valence-electron chi connectivity index (χ2n) is 5.59. The van der Waals surface area contributed by atoms with Crippen molar-refractivity contribution in [1.82, 2.24) is 5.32 Å². The summed E-state index contributed by atoms with van der Waals surface area (Å²) in [5.74, 6) is 0.826. The molecule has 2 aromatic carbocycles. The molecule has 0 fully saturated rings. The van der Waals surface area contributed by atoms with Crippen LogP contribution in [0.5, 0.6) is 17.2 Å². The van der Waals surface area contributed by atoms with Crippen molar-refractivity contribution < 1.29 is 19.0 Å². The Kier molecular flexibility index (Phi) is 6.41. The molecule has 0 aliphatic rings. The third kappa shape index (κ3) is 4.23. The Morgan fingerprint density at radius 1 is 0.962 bits per heavy atom. The van der Waals surface area contributed by atoms with E-state index in [9.17, 15) is 4.79 Å². The second kappa shape index (κ2) is 8.53. The summed E-state index contributed by atoms with van der Waals surface area (Å²) >= 11 is 5.27. The third-order valence-electron chi connectivity index (χ3n) is 3.87. The molecule has 0 atom stereocenters. The van der Waals surface area contributed by atoms with Gasteiger partial charge in [-0.05, 0) is 49.3 Å². The minimum atomic E-state index is -0.381. The Morgan fingerprint density at radius 2 is 1.50 bits per heavy atom. The van der Waals surface area contributed by atoms with Gasteiger partial charge in [-0.3, -0.25) is 10.1 Å². The van der Waals surface area contributed by atoms with Crippen LogP contribution in [0.3, 0.4) is 0 Å². The smallest absolute Gasteiger partial charge is 0.257 e. The van der Waals surface area contributed by atoms with Crippen LogP contribution in [0.25, 0.3) is 0 Å². The van der Waals surface area contributed by atoms with Crippen LogP contribution in [-0.4, -0.2) is 32.3 Å². The zero-order chi connectivity index (χ0) is 19.3. The number of amides is 1. The Balaban J connectivity index is 2.20. The molecule has 138 valence electrons. The molecule has 2 rings (SSSR count). The Bertz CT molecular complexity index is 791. The molecule has 0 unspecified atom stereocenters. The fraction of sp³-hybridized carbons (Fsp3) is 0.263. The van der Waals surface area contributed by atoms with Crippen LogP contribution in [-0.2, 0) is 0 Å². The first kappa shape index (κ1) is 19.5. The van der Waals surface area contributed by atoms with Crippen LogP contribution in [0.4, 0.5) is 5.69 Å². The molecule has 2 aromatic rings. The highest BCUT2D eigenvalue weighted by Crippen LogP contribution is 2.38. The number of rotatable bonds is 5. The van der Waals surface area contributed by atoms with Gasteiger partial charge in [0.2, 0.25) is 5.75 Å². The van der Waals surface area contributed by atoms with E-state index in [0.29, 0.717) is 22.8 Å². The van der Waals surface area contributed by atoms with Crippen LogP contribution < -0.4 is 24.8 Å². The standard InChI is InChI=1S/C19H22N2O4S/c1-11-7-6-8-12(2)16(11)20-19(26)21-18(22)13-9-14(23-3)17(25-5)15(10-13)24-4/h6-10H,1-5H3,(H2,20,21,22,26). The number of aryl methyl sites for hydroxylation is 2. The average Bonchev–Trinajstić information content (AvgIpc) is 2.63. The first-order chi connectivity index (χ1) is 12.4. The maximum absolute atomic E-state index is 12.6. The minimum absolute atomic E-state index is 0.209. The van der Waals surface area contributed by atoms with Crippen LogP contribution >= 0.6 is 12.2 Å². The first-order valence-electron chi connectivity index (χ1n) is 7.89. The molecule has 7 heteroatoms. The Hall–Kier alpha value is -2.80. The van der Waals surface area contributed by atoms with Crippen molar-refractivity contribution in [2.45, 2.75) is 13.8 Å². The molecule has 0 radical (unpaired) electrons. The molecule has 0 spiro atoms. The van der Waals surface area contributed by atoms with E-state index in [4.69, 9.17) is 26.4 Å². The van der Waals surface area contributed by atoms with E-state index in [1.165, 1.54) is 21.3 Å². The van der Waals surface area contributed by atoms with Crippen LogP contribution in [0.15, 0.2) is 30.3 Å². The minimum Gasteiger partial charge on any atom is -0.493 e. The van der Waals surface area contributed by atoms with E-state index in [0.717, 1.165) is 16.8 Å². The number of anilines is 1. The van der Waals surface area contributed by atoms with Crippen molar-refractivity contribution in [2.24, 2.45) is 0 Å². The quantitative estimate of drug-likeness (QED) is 0.781. The van der Waals surface area contributed by atoms with Crippen molar-refractivity contribution >= 4 is 28.9 Å². The molecule has 0 bridgehead atoms. The second-order valence-corrected chi connectivity index (χ2v) is 6.00. The van der Waals surface area contributed by atoms with Gasteiger partial charge in [0, 0.05) is 11.3 Å². The van der Waals surface area contributed by atoms with Crippen molar-refractivity contribution in [3.8, 4) is 17.2 Å². The fourth-order valence-electron chi connectivity index (χ4n) is 2.54. The topological polar surface area (TPSA) is 68.8 Å². The summed E-state index contributed by atoms with van der Waals surface area (Å²) in [5, 5.41) is 5.95. The highest BCUT2D eigenvalue weighted by molar-refractivity contribution is 7.80. The van der Waals surface area contributed by atoms with Crippen molar-refractivity contribution in [3.63, 3.8) is 0 Å². The number of para-hydroxylation sites is 1. The predicted octanol–water partition coefficient (Wildman–Crippen LogP) is 3.46. The summed E-state index contributed by atoms with van der Waals surface area (Å²) < 4.78 is 15.8. The molecule has 0 aromatic heterocycles. The van der Waals surface area contributed by atoms with E-state index in [2.05, 4.69) is 10.6 Å². The maximum Gasteiger partial charge on any atom is 0.257 e. The van der Waals surface area contributed by atoms with Gasteiger partial charge in [0.15, 0.2) is 16.6 Å². The maximum atomic E-state index is 12.6. The third-order valence-corrected chi connectivity index (χ3v) is 4.08. The number of carbonyl (C=O) groups excluding carboxylic acids is 1. The molecular formula is C19H22N2O4S. The zero-order valence-corrected chi connectivity index (χ0v) is 16.2. The van der Waals surface area contributed by atoms with Gasteiger partial charge in [-0.15, -0.1) is 0 Å². The average molecular weight is 374 g/mol. The van der Waals surface area contributed by atoms with Gasteiger partial charge in [0.25, 0.3) is 5.91 Å². The van der Waals surface area contributed by atoms with Gasteiger partial charge >= 0.3 is 0 Å². The van der Waals surface area contributed by atoms with Gasteiger partial charge in [0.05, 0.1) is 21.3 Å². The van der Waals surface area contributed by atoms with E-state index in [1.54, 1.807) is 12.1 Å². The Labute approximate surface area is 158 Å². The summed E-state index contributed by atoms with van der Waals surface area (Å²) in [6.07, 6.45) is 0. The van der Waals surface area contributed by atoms with Gasteiger partial charge in [0.1, 0.15) is 0 Å². The van der Waals surface area contributed by atoms with E-state index in [1.807, 2.05) is 32.0 Å². The van der Waals surface area contributed by atoms with Crippen molar-refractivity contribution in [1.29, 1.82) is 0 Å². The molecule has 0 aliphatic carbocycles. The molecular weight excluding hydrogens is 352 g/mol. The van der Waals surface area contributed by atoms with E-state index >= 15 is 0 Å². The molecule has 1 amide bonds. The molecule has 0 aliphatic heterocycles. The molecule has 2 N–H and O–H groups in total. The largest absolute Gasteiger partial charge is 0.493 e. The number of benzene rings is 2. The van der Waals surface area contributed by atoms with Crippen molar-refractivity contribution in [2.75, 3.05) is 26.6 Å². The monoisotopic (exact) mass is 374 g/mol. The van der Waals surface area contributed by atoms with Crippen LogP contribution in [0.1, 0.15) is 21.5 Å². The summed E-state index contributed by atoms with van der Waals surface area (Å²) in [7, 11) is 4.49. The Morgan fingerprint density at radius 3 is 1.96 bits per heavy atom. The molecule has 0 saturated heterocycles. The lowest BCUT2D eigenvalue weighted by Gasteiger charge is -2.16. The van der Waals surface area contributed by atoms with Gasteiger partial charge in [-0.25, -0.2) is 0 Å². The molecule has 0 saturated carbocycles. The van der Waals surface area contributed by atoms with Gasteiger partial charge < -0.3 is 19.5 Å². The normalized spacial score (nSPS) is 10.0. The lowest BCUT2D eigenvalue weighted by molar-refractivity contribution is 0.0977. The summed E-state index contributed by atoms with van der Waals surface area (Å²) in [6, 6.07) is 9.04. The lowest BCUT2D eigenvalue weighted by Crippen LogP contribution is -2.34. The summed E-state index contributed by atoms with van der Waals surface area (Å²) in [5.41, 5.74) is 3.29. The number of methoxy groups -OCH3 is 3. The number of hydrogen-bond acceptors (Lipinski definition) is 5. The van der Waals surface area contributed by atoms with Crippen molar-refractivity contribution in [3.05, 3.63) is 47.0 Å². The number of nitrogens with one attached hydrogen (secondary N) is 2. The van der Waals surface area contributed by atoms with E-state index in [-0.39, 0.29) is 11.0 Å². The number of ether oxygens (including phenoxy) is 3. The summed E-state index contributed by atoms with van der Waals surface area (Å²) in [4.78, 5) is 12.6. The number of hydrogen-bond donors (Lipinski definition) is 2. The highest BCUT2D eigenvalue weighted by atomic mass is 32.1. The molecule has 6 nitrogen and oxygen atoms in total. The van der Waals surface area contributed by atoms with Gasteiger partial charge in [-0.2, -0.15) is 0 Å². The first-order valence-corrected chi connectivity index (χ1v) is 8.30. The van der Waals surface area contributed by atoms with Crippen LogP contribution in [0.2, 0.25) is 0 Å².